The topological polar surface area (TPSA) is 20.2 Å². The van der Waals surface area contributed by atoms with E-state index < -0.39 is 0 Å². The van der Waals surface area contributed by atoms with Crippen LogP contribution < -0.4 is 0 Å². The summed E-state index contributed by atoms with van der Waals surface area (Å²) in [5.74, 6) is 4.03. The van der Waals surface area contributed by atoms with Gasteiger partial charge in [0.2, 0.25) is 0 Å². The van der Waals surface area contributed by atoms with Crippen LogP contribution in [0.2, 0.25) is 0 Å². The quantitative estimate of drug-likeness (QED) is 0.747. The zero-order valence-corrected chi connectivity index (χ0v) is 12.8. The van der Waals surface area contributed by atoms with Crippen LogP contribution in [0.3, 0.4) is 0 Å². The second-order valence-electron chi connectivity index (χ2n) is 7.67. The first kappa shape index (κ1) is 12.8. The minimum Gasteiger partial charge on any atom is -0.507 e. The molecular formula is C21H22O. The highest BCUT2D eigenvalue weighted by Crippen LogP contribution is 2.56. The molecule has 6 rings (SSSR count). The third kappa shape index (κ3) is 1.84. The summed E-state index contributed by atoms with van der Waals surface area (Å²) < 4.78 is 0. The Morgan fingerprint density at radius 3 is 2.23 bits per heavy atom. The van der Waals surface area contributed by atoms with Crippen LogP contribution in [-0.4, -0.2) is 5.11 Å². The molecule has 4 saturated carbocycles. The van der Waals surface area contributed by atoms with E-state index in [0.717, 1.165) is 40.0 Å². The monoisotopic (exact) mass is 290 g/mol. The van der Waals surface area contributed by atoms with Gasteiger partial charge in [0.25, 0.3) is 0 Å². The molecule has 0 radical (unpaired) electrons. The van der Waals surface area contributed by atoms with Gasteiger partial charge in [-0.3, -0.25) is 0 Å². The van der Waals surface area contributed by atoms with Gasteiger partial charge in [0.15, 0.2) is 0 Å². The normalized spacial score (nSPS) is 32.6. The first-order valence-electron chi connectivity index (χ1n) is 8.70. The third-order valence-electron chi connectivity index (χ3n) is 6.33. The molecule has 4 aliphatic rings. The molecule has 1 heteroatoms. The molecule has 2 aromatic carbocycles. The van der Waals surface area contributed by atoms with Crippen molar-refractivity contribution in [3.05, 3.63) is 47.5 Å². The molecule has 22 heavy (non-hydrogen) atoms. The molecule has 0 aliphatic heterocycles. The van der Waals surface area contributed by atoms with Gasteiger partial charge < -0.3 is 5.11 Å². The molecule has 1 N–H and O–H groups in total. The van der Waals surface area contributed by atoms with E-state index in [9.17, 15) is 5.11 Å². The Hall–Kier alpha value is -1.76. The highest BCUT2D eigenvalue weighted by Gasteiger charge is 2.44. The summed E-state index contributed by atoms with van der Waals surface area (Å²) in [5.41, 5.74) is 2.65. The number of phenols is 1. The van der Waals surface area contributed by atoms with Crippen LogP contribution in [0.15, 0.2) is 42.0 Å². The van der Waals surface area contributed by atoms with Gasteiger partial charge in [-0.25, -0.2) is 0 Å². The smallest absolute Gasteiger partial charge is 0.130 e. The molecule has 4 aliphatic carbocycles. The lowest BCUT2D eigenvalue weighted by Crippen LogP contribution is -2.40. The van der Waals surface area contributed by atoms with Crippen molar-refractivity contribution < 1.29 is 5.11 Å². The SMILES string of the molecule is Oc1c(C=C2C3CC4CC(C3)CC2C4)ccc2ccccc12. The number of hydrogen-bond acceptors (Lipinski definition) is 1. The molecule has 0 unspecified atom stereocenters. The molecule has 0 heterocycles. The van der Waals surface area contributed by atoms with Crippen molar-refractivity contribution in [1.82, 2.24) is 0 Å². The van der Waals surface area contributed by atoms with Crippen LogP contribution in [0.4, 0.5) is 0 Å². The van der Waals surface area contributed by atoms with E-state index in [2.05, 4.69) is 24.3 Å². The van der Waals surface area contributed by atoms with Crippen molar-refractivity contribution in [2.24, 2.45) is 23.7 Å². The molecule has 0 saturated heterocycles. The Balaban J connectivity index is 1.59. The Morgan fingerprint density at radius 1 is 0.818 bits per heavy atom. The van der Waals surface area contributed by atoms with Gasteiger partial charge in [-0.15, -0.1) is 0 Å². The Labute approximate surface area is 131 Å². The number of phenolic OH excluding ortho intramolecular Hbond substituents is 1. The standard InChI is InChI=1S/C21H22O/c22-21-16(6-5-15-3-1-2-4-19(15)21)12-20-17-8-13-7-14(10-17)11-18(20)9-13/h1-6,12-14,17-18,22H,7-11H2. The van der Waals surface area contributed by atoms with Crippen molar-refractivity contribution >= 4 is 16.8 Å². The summed E-state index contributed by atoms with van der Waals surface area (Å²) in [4.78, 5) is 0. The number of allylic oxidation sites excluding steroid dienone is 1. The van der Waals surface area contributed by atoms with Crippen LogP contribution in [0, 0.1) is 23.7 Å². The van der Waals surface area contributed by atoms with Gasteiger partial charge in [-0.2, -0.15) is 0 Å². The van der Waals surface area contributed by atoms with Gasteiger partial charge in [-0.1, -0.05) is 48.0 Å². The van der Waals surface area contributed by atoms with Gasteiger partial charge in [-0.05, 0) is 61.2 Å². The largest absolute Gasteiger partial charge is 0.507 e. The first-order chi connectivity index (χ1) is 10.8. The number of hydrogen-bond donors (Lipinski definition) is 1. The van der Waals surface area contributed by atoms with Crippen LogP contribution >= 0.6 is 0 Å². The van der Waals surface area contributed by atoms with Gasteiger partial charge in [0, 0.05) is 10.9 Å². The van der Waals surface area contributed by atoms with Crippen molar-refractivity contribution in [3.8, 4) is 5.75 Å². The molecule has 112 valence electrons. The molecule has 4 fully saturated rings. The molecule has 0 spiro atoms. The van der Waals surface area contributed by atoms with E-state index in [4.69, 9.17) is 0 Å². The zero-order valence-electron chi connectivity index (χ0n) is 12.8. The third-order valence-corrected chi connectivity index (χ3v) is 6.33. The molecule has 1 nitrogen and oxygen atoms in total. The average molecular weight is 290 g/mol. The maximum atomic E-state index is 10.7. The van der Waals surface area contributed by atoms with E-state index in [1.165, 1.54) is 32.1 Å². The summed E-state index contributed by atoms with van der Waals surface area (Å²) in [6.45, 7) is 0. The summed E-state index contributed by atoms with van der Waals surface area (Å²) in [6.07, 6.45) is 9.40. The van der Waals surface area contributed by atoms with E-state index in [1.807, 2.05) is 18.2 Å². The van der Waals surface area contributed by atoms with Gasteiger partial charge >= 0.3 is 0 Å². The average Bonchev–Trinajstić information content (AvgIpc) is 2.52. The van der Waals surface area contributed by atoms with Crippen LogP contribution in [-0.2, 0) is 0 Å². The molecular weight excluding hydrogens is 268 g/mol. The second kappa shape index (κ2) is 4.62. The minimum absolute atomic E-state index is 0.458. The fourth-order valence-electron chi connectivity index (χ4n) is 5.53. The van der Waals surface area contributed by atoms with Gasteiger partial charge in [0.1, 0.15) is 5.75 Å². The first-order valence-corrected chi connectivity index (χ1v) is 8.70. The van der Waals surface area contributed by atoms with Crippen LogP contribution in [0.1, 0.15) is 37.7 Å². The van der Waals surface area contributed by atoms with E-state index >= 15 is 0 Å². The van der Waals surface area contributed by atoms with Crippen molar-refractivity contribution in [3.63, 3.8) is 0 Å². The Bertz CT molecular complexity index is 741. The maximum Gasteiger partial charge on any atom is 0.130 e. The number of benzene rings is 2. The fraction of sp³-hybridized carbons (Fsp3) is 0.429. The molecule has 4 bridgehead atoms. The highest BCUT2D eigenvalue weighted by atomic mass is 16.3. The summed E-state index contributed by atoms with van der Waals surface area (Å²) in [6, 6.07) is 12.3. The van der Waals surface area contributed by atoms with Crippen LogP contribution in [0.5, 0.6) is 5.75 Å². The molecule has 0 amide bonds. The van der Waals surface area contributed by atoms with E-state index in [0.29, 0.717) is 5.75 Å². The highest BCUT2D eigenvalue weighted by molar-refractivity contribution is 5.91. The molecule has 0 aromatic heterocycles. The van der Waals surface area contributed by atoms with E-state index in [-0.39, 0.29) is 0 Å². The minimum atomic E-state index is 0.458. The maximum absolute atomic E-state index is 10.7. The zero-order chi connectivity index (χ0) is 14.7. The molecule has 2 aromatic rings. The van der Waals surface area contributed by atoms with Crippen molar-refractivity contribution in [2.75, 3.05) is 0 Å². The van der Waals surface area contributed by atoms with Crippen LogP contribution in [0.25, 0.3) is 16.8 Å². The summed E-state index contributed by atoms with van der Waals surface area (Å²) in [5, 5.41) is 12.8. The summed E-state index contributed by atoms with van der Waals surface area (Å²) >= 11 is 0. The lowest BCUT2D eigenvalue weighted by molar-refractivity contribution is 0.0710. The summed E-state index contributed by atoms with van der Waals surface area (Å²) in [7, 11) is 0. The lowest BCUT2D eigenvalue weighted by atomic mass is 9.54. The second-order valence-corrected chi connectivity index (χ2v) is 7.67. The van der Waals surface area contributed by atoms with Gasteiger partial charge in [0.05, 0.1) is 0 Å². The Morgan fingerprint density at radius 2 is 1.50 bits per heavy atom. The van der Waals surface area contributed by atoms with Crippen molar-refractivity contribution in [1.29, 1.82) is 0 Å². The lowest BCUT2D eigenvalue weighted by Gasteiger charge is -2.51. The predicted octanol–water partition coefficient (Wildman–Crippen LogP) is 5.38. The fourth-order valence-corrected chi connectivity index (χ4v) is 5.53. The molecule has 0 atom stereocenters. The van der Waals surface area contributed by atoms with Crippen molar-refractivity contribution in [2.45, 2.75) is 32.1 Å². The Kier molecular flexibility index (Phi) is 2.68. The van der Waals surface area contributed by atoms with E-state index in [1.54, 1.807) is 5.57 Å². The number of rotatable bonds is 1. The number of aromatic hydroxyl groups is 1. The number of fused-ring (bicyclic) bond motifs is 1. The predicted molar refractivity (Wildman–Crippen MR) is 90.6 cm³/mol.